The van der Waals surface area contributed by atoms with E-state index in [0.29, 0.717) is 6.79 Å². The highest BCUT2D eigenvalue weighted by Gasteiger charge is 2.44. The smallest absolute Gasteiger partial charge is 0.231 e. The second-order valence-electron chi connectivity index (χ2n) is 7.08. The van der Waals surface area contributed by atoms with Crippen molar-refractivity contribution in [2.24, 2.45) is 4.99 Å². The molecule has 1 saturated carbocycles. The molecular formula is C21H24FN3O2. The number of guanidine groups is 1. The minimum Gasteiger partial charge on any atom is -0.454 e. The molecule has 0 atom stereocenters. The number of hydrogen-bond donors (Lipinski definition) is 2. The minimum atomic E-state index is -0.191. The topological polar surface area (TPSA) is 54.9 Å². The summed E-state index contributed by atoms with van der Waals surface area (Å²) in [5, 5.41) is 6.77. The fourth-order valence-corrected chi connectivity index (χ4v) is 3.42. The van der Waals surface area contributed by atoms with Gasteiger partial charge in [-0.2, -0.15) is 0 Å². The molecule has 6 heteroatoms. The maximum atomic E-state index is 13.2. The average molecular weight is 369 g/mol. The Labute approximate surface area is 158 Å². The van der Waals surface area contributed by atoms with Gasteiger partial charge in [-0.3, -0.25) is 4.99 Å². The van der Waals surface area contributed by atoms with Gasteiger partial charge < -0.3 is 20.1 Å². The second-order valence-corrected chi connectivity index (χ2v) is 7.08. The van der Waals surface area contributed by atoms with Crippen LogP contribution in [0.2, 0.25) is 0 Å². The Kier molecular flexibility index (Phi) is 4.88. The zero-order valence-corrected chi connectivity index (χ0v) is 15.4. The van der Waals surface area contributed by atoms with Crippen LogP contribution < -0.4 is 20.1 Å². The fraction of sp³-hybridized carbons (Fsp3) is 0.381. The van der Waals surface area contributed by atoms with Crippen molar-refractivity contribution in [2.45, 2.75) is 24.7 Å². The van der Waals surface area contributed by atoms with Gasteiger partial charge in [-0.15, -0.1) is 0 Å². The van der Waals surface area contributed by atoms with Crippen LogP contribution in [-0.2, 0) is 11.8 Å². The normalized spacial score (nSPS) is 16.9. The highest BCUT2D eigenvalue weighted by Crippen LogP contribution is 2.47. The van der Waals surface area contributed by atoms with Gasteiger partial charge in [0.2, 0.25) is 6.79 Å². The fourth-order valence-electron chi connectivity index (χ4n) is 3.42. The first-order chi connectivity index (χ1) is 13.2. The lowest BCUT2D eigenvalue weighted by Gasteiger charge is -2.19. The summed E-state index contributed by atoms with van der Waals surface area (Å²) in [6.45, 7) is 1.86. The van der Waals surface area contributed by atoms with E-state index in [1.165, 1.54) is 23.3 Å². The second kappa shape index (κ2) is 7.47. The zero-order valence-electron chi connectivity index (χ0n) is 15.4. The third-order valence-corrected chi connectivity index (χ3v) is 5.27. The molecule has 27 heavy (non-hydrogen) atoms. The molecule has 0 aromatic heterocycles. The first kappa shape index (κ1) is 17.6. The Hall–Kier alpha value is -2.76. The summed E-state index contributed by atoms with van der Waals surface area (Å²) in [5.74, 6) is 2.21. The highest BCUT2D eigenvalue weighted by molar-refractivity contribution is 5.79. The van der Waals surface area contributed by atoms with Crippen molar-refractivity contribution < 1.29 is 13.9 Å². The van der Waals surface area contributed by atoms with Gasteiger partial charge in [0.05, 0.1) is 0 Å². The summed E-state index contributed by atoms with van der Waals surface area (Å²) in [4.78, 5) is 4.31. The number of rotatable bonds is 6. The van der Waals surface area contributed by atoms with Gasteiger partial charge in [0, 0.05) is 25.6 Å². The summed E-state index contributed by atoms with van der Waals surface area (Å²) < 4.78 is 23.9. The average Bonchev–Trinajstić information content (AvgIpc) is 3.33. The molecule has 2 N–H and O–H groups in total. The molecule has 1 aliphatic heterocycles. The quantitative estimate of drug-likeness (QED) is 0.607. The van der Waals surface area contributed by atoms with Gasteiger partial charge in [0.25, 0.3) is 0 Å². The summed E-state index contributed by atoms with van der Waals surface area (Å²) in [6, 6.07) is 12.9. The molecule has 2 aliphatic rings. The van der Waals surface area contributed by atoms with Gasteiger partial charge in [-0.1, -0.05) is 18.2 Å². The van der Waals surface area contributed by atoms with Gasteiger partial charge in [0.15, 0.2) is 17.5 Å². The Bertz CT molecular complexity index is 832. The maximum Gasteiger partial charge on any atom is 0.231 e. The molecule has 0 spiro atoms. The van der Waals surface area contributed by atoms with Crippen LogP contribution in [0.5, 0.6) is 11.5 Å². The van der Waals surface area contributed by atoms with Crippen molar-refractivity contribution in [1.29, 1.82) is 0 Å². The lowest BCUT2D eigenvalue weighted by atomic mass is 9.96. The Morgan fingerprint density at radius 1 is 1.07 bits per heavy atom. The molecule has 1 fully saturated rings. The van der Waals surface area contributed by atoms with Crippen LogP contribution in [0.4, 0.5) is 4.39 Å². The first-order valence-corrected chi connectivity index (χ1v) is 9.28. The minimum absolute atomic E-state index is 0.0998. The van der Waals surface area contributed by atoms with Gasteiger partial charge >= 0.3 is 0 Å². The van der Waals surface area contributed by atoms with Crippen molar-refractivity contribution in [3.63, 3.8) is 0 Å². The van der Waals surface area contributed by atoms with Gasteiger partial charge in [-0.25, -0.2) is 4.39 Å². The molecule has 0 radical (unpaired) electrons. The molecule has 5 nitrogen and oxygen atoms in total. The van der Waals surface area contributed by atoms with Crippen LogP contribution in [0.25, 0.3) is 0 Å². The van der Waals surface area contributed by atoms with E-state index in [-0.39, 0.29) is 11.2 Å². The SMILES string of the molecule is CN=C(NCCc1ccc2c(c1)OCO2)NCC1(c2ccc(F)cc2)CC1. The van der Waals surface area contributed by atoms with E-state index in [4.69, 9.17) is 9.47 Å². The third-order valence-electron chi connectivity index (χ3n) is 5.27. The Balaban J connectivity index is 1.27. The van der Waals surface area contributed by atoms with E-state index < -0.39 is 0 Å². The monoisotopic (exact) mass is 369 g/mol. The third kappa shape index (κ3) is 3.99. The number of fused-ring (bicyclic) bond motifs is 1. The highest BCUT2D eigenvalue weighted by atomic mass is 19.1. The van der Waals surface area contributed by atoms with Crippen molar-refractivity contribution in [3.05, 3.63) is 59.4 Å². The van der Waals surface area contributed by atoms with Crippen molar-refractivity contribution in [3.8, 4) is 11.5 Å². The molecule has 142 valence electrons. The van der Waals surface area contributed by atoms with Crippen LogP contribution in [0, 0.1) is 5.82 Å². The van der Waals surface area contributed by atoms with Crippen molar-refractivity contribution >= 4 is 5.96 Å². The van der Waals surface area contributed by atoms with Crippen molar-refractivity contribution in [1.82, 2.24) is 10.6 Å². The van der Waals surface area contributed by atoms with E-state index in [0.717, 1.165) is 49.8 Å². The lowest BCUT2D eigenvalue weighted by molar-refractivity contribution is 0.174. The summed E-state index contributed by atoms with van der Waals surface area (Å²) in [7, 11) is 1.77. The maximum absolute atomic E-state index is 13.2. The molecule has 0 amide bonds. The predicted molar refractivity (Wildman–Crippen MR) is 103 cm³/mol. The Morgan fingerprint density at radius 2 is 1.85 bits per heavy atom. The lowest BCUT2D eigenvalue weighted by Crippen LogP contribution is -2.41. The number of nitrogens with one attached hydrogen (secondary N) is 2. The predicted octanol–water partition coefficient (Wildman–Crippen LogP) is 2.99. The number of aliphatic imine (C=N–C) groups is 1. The first-order valence-electron chi connectivity index (χ1n) is 9.28. The molecule has 2 aromatic rings. The number of hydrogen-bond acceptors (Lipinski definition) is 3. The van der Waals surface area contributed by atoms with Gasteiger partial charge in [0.1, 0.15) is 5.82 Å². The Morgan fingerprint density at radius 3 is 2.59 bits per heavy atom. The zero-order chi connectivity index (χ0) is 18.7. The summed E-state index contributed by atoms with van der Waals surface area (Å²) in [5.41, 5.74) is 2.47. The van der Waals surface area contributed by atoms with E-state index in [1.54, 1.807) is 7.05 Å². The molecule has 0 bridgehead atoms. The van der Waals surface area contributed by atoms with E-state index in [9.17, 15) is 4.39 Å². The number of benzene rings is 2. The van der Waals surface area contributed by atoms with E-state index in [1.807, 2.05) is 24.3 Å². The number of halogens is 1. The molecule has 1 aliphatic carbocycles. The van der Waals surface area contributed by atoms with Crippen LogP contribution in [-0.4, -0.2) is 32.9 Å². The summed E-state index contributed by atoms with van der Waals surface area (Å²) >= 11 is 0. The molecule has 1 heterocycles. The van der Waals surface area contributed by atoms with Crippen LogP contribution in [0.15, 0.2) is 47.5 Å². The van der Waals surface area contributed by atoms with E-state index in [2.05, 4.69) is 21.7 Å². The molecule has 4 rings (SSSR count). The molecule has 0 unspecified atom stereocenters. The standard InChI is InChI=1S/C21H24FN3O2/c1-23-20(24-11-8-15-2-7-18-19(12-15)27-14-26-18)25-13-21(9-10-21)16-3-5-17(22)6-4-16/h2-7,12H,8-11,13-14H2,1H3,(H2,23,24,25). The molecule has 2 aromatic carbocycles. The van der Waals surface area contributed by atoms with Crippen LogP contribution in [0.1, 0.15) is 24.0 Å². The molecule has 0 saturated heterocycles. The van der Waals surface area contributed by atoms with E-state index >= 15 is 0 Å². The molecular weight excluding hydrogens is 345 g/mol. The number of ether oxygens (including phenoxy) is 2. The van der Waals surface area contributed by atoms with Crippen LogP contribution in [0.3, 0.4) is 0 Å². The largest absolute Gasteiger partial charge is 0.454 e. The van der Waals surface area contributed by atoms with Crippen molar-refractivity contribution in [2.75, 3.05) is 26.9 Å². The number of nitrogens with zero attached hydrogens (tertiary/aromatic N) is 1. The van der Waals surface area contributed by atoms with Crippen LogP contribution >= 0.6 is 0 Å². The summed E-state index contributed by atoms with van der Waals surface area (Å²) in [6.07, 6.45) is 3.08. The van der Waals surface area contributed by atoms with Gasteiger partial charge in [-0.05, 0) is 54.7 Å².